The molecule has 0 spiro atoms. The molecule has 0 saturated heterocycles. The minimum absolute atomic E-state index is 0.0573. The van der Waals surface area contributed by atoms with Crippen molar-refractivity contribution in [2.45, 2.75) is 46.6 Å². The Morgan fingerprint density at radius 2 is 1.92 bits per heavy atom. The van der Waals surface area contributed by atoms with Crippen molar-refractivity contribution in [3.63, 3.8) is 0 Å². The third kappa shape index (κ3) is 4.00. The summed E-state index contributed by atoms with van der Waals surface area (Å²) in [5, 5.41) is 3.13. The molecule has 3 aromatic heterocycles. The number of hydrogen-bond donors (Lipinski definition) is 1. The van der Waals surface area contributed by atoms with Crippen LogP contribution in [0.4, 0.5) is 17.2 Å². The summed E-state index contributed by atoms with van der Waals surface area (Å²) in [6, 6.07) is 11.8. The highest BCUT2D eigenvalue weighted by Gasteiger charge is 2.37. The van der Waals surface area contributed by atoms with Crippen LogP contribution in [0.5, 0.6) is 0 Å². The number of anilines is 3. The van der Waals surface area contributed by atoms with E-state index in [2.05, 4.69) is 52.8 Å². The highest BCUT2D eigenvalue weighted by molar-refractivity contribution is 6.07. The van der Waals surface area contributed by atoms with Crippen molar-refractivity contribution >= 4 is 23.1 Å². The Hall–Kier alpha value is -4.20. The lowest BCUT2D eigenvalue weighted by Gasteiger charge is -2.32. The normalized spacial score (nSPS) is 15.9. The Balaban J connectivity index is 1.38. The topological polar surface area (TPSA) is 85.1 Å². The average Bonchev–Trinajstić information content (AvgIpc) is 3.39. The maximum Gasteiger partial charge on any atom is 0.274 e. The minimum Gasteiger partial charge on any atom is -0.339 e. The fraction of sp³-hybridized carbons (Fsp3) is 0.333. The van der Waals surface area contributed by atoms with Crippen LogP contribution in [0.15, 0.2) is 59.9 Å². The second-order valence-corrected chi connectivity index (χ2v) is 11.1. The van der Waals surface area contributed by atoms with Crippen molar-refractivity contribution in [3.8, 4) is 11.1 Å². The van der Waals surface area contributed by atoms with Crippen molar-refractivity contribution in [1.29, 1.82) is 0 Å². The predicted octanol–water partition coefficient (Wildman–Crippen LogP) is 4.74. The van der Waals surface area contributed by atoms with E-state index in [1.807, 2.05) is 29.3 Å². The van der Waals surface area contributed by atoms with Crippen molar-refractivity contribution in [2.24, 2.45) is 12.5 Å². The largest absolute Gasteiger partial charge is 0.339 e. The van der Waals surface area contributed by atoms with Gasteiger partial charge in [0.15, 0.2) is 0 Å². The van der Waals surface area contributed by atoms with Crippen molar-refractivity contribution in [3.05, 3.63) is 88.0 Å². The first-order chi connectivity index (χ1) is 18.3. The molecule has 1 aliphatic heterocycles. The lowest BCUT2D eigenvalue weighted by Crippen LogP contribution is -2.41. The summed E-state index contributed by atoms with van der Waals surface area (Å²) in [7, 11) is 1.75. The van der Waals surface area contributed by atoms with Crippen molar-refractivity contribution < 1.29 is 4.79 Å². The second-order valence-electron chi connectivity index (χ2n) is 11.1. The third-order valence-electron chi connectivity index (χ3n) is 7.76. The molecule has 1 amide bonds. The molecule has 0 bridgehead atoms. The second kappa shape index (κ2) is 8.97. The summed E-state index contributed by atoms with van der Waals surface area (Å²) in [6.45, 7) is 8.13. The number of nitrogens with one attached hydrogen (secondary N) is 1. The zero-order valence-electron chi connectivity index (χ0n) is 22.3. The van der Waals surface area contributed by atoms with Gasteiger partial charge in [0.2, 0.25) is 0 Å². The molecule has 0 unspecified atom stereocenters. The monoisotopic (exact) mass is 508 g/mol. The van der Waals surface area contributed by atoms with Crippen LogP contribution in [-0.4, -0.2) is 31.6 Å². The van der Waals surface area contributed by atoms with E-state index in [0.717, 1.165) is 53.9 Å². The maximum atomic E-state index is 13.8. The number of nitrogens with zero attached hydrogens (tertiary/aromatic N) is 5. The number of benzene rings is 1. The molecular weight excluding hydrogens is 476 g/mol. The number of rotatable bonds is 5. The molecule has 0 fully saturated rings. The maximum absolute atomic E-state index is 13.8. The van der Waals surface area contributed by atoms with Gasteiger partial charge in [-0.15, -0.1) is 0 Å². The number of aryl methyl sites for hydroxylation is 1. The van der Waals surface area contributed by atoms with Crippen LogP contribution in [0.3, 0.4) is 0 Å². The van der Waals surface area contributed by atoms with Gasteiger partial charge in [0.05, 0.1) is 0 Å². The molecule has 0 radical (unpaired) electrons. The molecular formula is C30H32N6O2. The zero-order chi connectivity index (χ0) is 26.6. The molecule has 0 saturated carbocycles. The number of pyridine rings is 1. The van der Waals surface area contributed by atoms with Gasteiger partial charge in [0.1, 0.15) is 23.5 Å². The molecule has 2 aliphatic rings. The summed E-state index contributed by atoms with van der Waals surface area (Å²) >= 11 is 0. The molecule has 1 aliphatic carbocycles. The highest BCUT2D eigenvalue weighted by atomic mass is 16.2. The Morgan fingerprint density at radius 3 is 2.68 bits per heavy atom. The van der Waals surface area contributed by atoms with Gasteiger partial charge >= 0.3 is 0 Å². The standard InChI is InChI=1S/C30H32N6O2/c1-5-21-22(20-13-23(28(37)34(4)17-20)33-27-9-10-31-18-32-27)7-6-8-24(21)36-12-11-35-25(29(36)38)14-19-15-30(2,3)16-26(19)35/h6-10,13-14,17-18H,5,11-12,15-16H2,1-4H3,(H,31,32,33). The summed E-state index contributed by atoms with van der Waals surface area (Å²) in [4.78, 5) is 36.7. The molecule has 0 atom stereocenters. The zero-order valence-corrected chi connectivity index (χ0v) is 22.3. The molecule has 1 aromatic carbocycles. The van der Waals surface area contributed by atoms with Crippen LogP contribution in [0, 0.1) is 5.41 Å². The van der Waals surface area contributed by atoms with Crippen molar-refractivity contribution in [1.82, 2.24) is 19.1 Å². The van der Waals surface area contributed by atoms with Gasteiger partial charge in [-0.3, -0.25) is 9.59 Å². The first-order valence-electron chi connectivity index (χ1n) is 13.1. The Labute approximate surface area is 222 Å². The van der Waals surface area contributed by atoms with Crippen LogP contribution >= 0.6 is 0 Å². The van der Waals surface area contributed by atoms with Crippen LogP contribution in [-0.2, 0) is 32.9 Å². The van der Waals surface area contributed by atoms with E-state index in [1.54, 1.807) is 23.9 Å². The third-order valence-corrected chi connectivity index (χ3v) is 7.76. The van der Waals surface area contributed by atoms with Crippen LogP contribution in [0.1, 0.15) is 48.1 Å². The van der Waals surface area contributed by atoms with E-state index in [4.69, 9.17) is 0 Å². The van der Waals surface area contributed by atoms with E-state index in [9.17, 15) is 9.59 Å². The summed E-state index contributed by atoms with van der Waals surface area (Å²) in [5.74, 6) is 0.609. The van der Waals surface area contributed by atoms with Gasteiger partial charge in [-0.25, -0.2) is 9.97 Å². The van der Waals surface area contributed by atoms with Crippen LogP contribution < -0.4 is 15.8 Å². The molecule has 6 rings (SSSR count). The number of carbonyl (C=O) groups is 1. The Bertz CT molecular complexity index is 1620. The average molecular weight is 509 g/mol. The number of aromatic nitrogens is 4. The molecule has 194 valence electrons. The number of carbonyl (C=O) groups excluding carboxylic acids is 1. The first kappa shape index (κ1) is 24.2. The highest BCUT2D eigenvalue weighted by Crippen LogP contribution is 2.40. The molecule has 8 nitrogen and oxygen atoms in total. The Kier molecular flexibility index (Phi) is 5.70. The van der Waals surface area contributed by atoms with Gasteiger partial charge < -0.3 is 19.4 Å². The van der Waals surface area contributed by atoms with E-state index in [1.165, 1.54) is 17.6 Å². The Morgan fingerprint density at radius 1 is 1.08 bits per heavy atom. The first-order valence-corrected chi connectivity index (χ1v) is 13.1. The van der Waals surface area contributed by atoms with Gasteiger partial charge in [-0.2, -0.15) is 0 Å². The molecule has 8 heteroatoms. The van der Waals surface area contributed by atoms with E-state index in [0.29, 0.717) is 18.1 Å². The van der Waals surface area contributed by atoms with Crippen molar-refractivity contribution in [2.75, 3.05) is 16.8 Å². The van der Waals surface area contributed by atoms with Gasteiger partial charge in [0, 0.05) is 49.5 Å². The van der Waals surface area contributed by atoms with Crippen LogP contribution in [0.2, 0.25) is 0 Å². The summed E-state index contributed by atoms with van der Waals surface area (Å²) < 4.78 is 3.82. The van der Waals surface area contributed by atoms with Gasteiger partial charge in [-0.05, 0) is 65.6 Å². The van der Waals surface area contributed by atoms with E-state index < -0.39 is 0 Å². The SMILES string of the molecule is CCc1c(-c2cc(Nc3ccncn3)c(=O)n(C)c2)cccc1N1CCn2c(cc3c2CC(C)(C)C3)C1=O. The van der Waals surface area contributed by atoms with Gasteiger partial charge in [0.25, 0.3) is 11.5 Å². The summed E-state index contributed by atoms with van der Waals surface area (Å²) in [6.07, 6.45) is 7.70. The van der Waals surface area contributed by atoms with Crippen LogP contribution in [0.25, 0.3) is 11.1 Å². The molecule has 4 aromatic rings. The lowest BCUT2D eigenvalue weighted by atomic mass is 9.90. The fourth-order valence-corrected chi connectivity index (χ4v) is 6.06. The van der Waals surface area contributed by atoms with E-state index in [-0.39, 0.29) is 16.9 Å². The summed E-state index contributed by atoms with van der Waals surface area (Å²) in [5.41, 5.74) is 7.90. The molecule has 4 heterocycles. The van der Waals surface area contributed by atoms with E-state index >= 15 is 0 Å². The number of fused-ring (bicyclic) bond motifs is 3. The number of hydrogen-bond acceptors (Lipinski definition) is 5. The number of amides is 1. The predicted molar refractivity (Wildman–Crippen MR) is 149 cm³/mol. The molecule has 38 heavy (non-hydrogen) atoms. The lowest BCUT2D eigenvalue weighted by molar-refractivity contribution is 0.0964. The molecule has 1 N–H and O–H groups in total. The smallest absolute Gasteiger partial charge is 0.274 e. The fourth-order valence-electron chi connectivity index (χ4n) is 6.06. The quantitative estimate of drug-likeness (QED) is 0.421. The minimum atomic E-state index is -0.148. The van der Waals surface area contributed by atoms with Gasteiger partial charge in [-0.1, -0.05) is 32.9 Å².